The quantitative estimate of drug-likeness (QED) is 0.364. The van der Waals surface area contributed by atoms with Crippen molar-refractivity contribution < 1.29 is 28.0 Å². The molecule has 0 bridgehead atoms. The molecular weight excluding hydrogens is 496 g/mol. The van der Waals surface area contributed by atoms with Gasteiger partial charge in [-0.2, -0.15) is 0 Å². The van der Waals surface area contributed by atoms with Crippen LogP contribution < -0.4 is 9.46 Å². The number of nitrogens with one attached hydrogen (secondary N) is 1. The lowest BCUT2D eigenvalue weighted by atomic mass is 9.80. The Morgan fingerprint density at radius 1 is 1.16 bits per heavy atom. The van der Waals surface area contributed by atoms with E-state index in [4.69, 9.17) is 4.74 Å². The van der Waals surface area contributed by atoms with Gasteiger partial charge in [0.15, 0.2) is 5.75 Å². The molecule has 2 N–H and O–H groups in total. The van der Waals surface area contributed by atoms with Crippen LogP contribution in [0.5, 0.6) is 5.75 Å². The lowest BCUT2D eigenvalue weighted by molar-refractivity contribution is -0.386. The number of sulfonamides is 1. The lowest BCUT2D eigenvalue weighted by Crippen LogP contribution is -2.32. The van der Waals surface area contributed by atoms with Gasteiger partial charge in [0.25, 0.3) is 15.9 Å². The molecule has 0 radical (unpaired) electrons. The minimum absolute atomic E-state index is 0.0415. The Morgan fingerprint density at radius 3 is 2.49 bits per heavy atom. The van der Waals surface area contributed by atoms with Crippen LogP contribution in [0.1, 0.15) is 74.2 Å². The molecule has 10 heteroatoms. The molecule has 1 amide bonds. The van der Waals surface area contributed by atoms with Crippen LogP contribution in [0.15, 0.2) is 53.4 Å². The van der Waals surface area contributed by atoms with Crippen LogP contribution in [-0.2, 0) is 10.0 Å². The zero-order chi connectivity index (χ0) is 26.6. The standard InChI is InChI=1S/C27H32N2O7S/c1-27(31)15-13-19(14-16-27)18-36-25-12-11-23(17-24(25)29(32)33)37(34,35)28-26(30)22-9-7-21(8-10-22)20-5-3-2-4-6-20/h5,7-12,17,19,31H,2-4,6,13-16,18H2,1H3,(H,28,30). The summed E-state index contributed by atoms with van der Waals surface area (Å²) in [4.78, 5) is 23.2. The van der Waals surface area contributed by atoms with E-state index in [1.807, 2.05) is 4.72 Å². The number of allylic oxidation sites excluding steroid dienone is 2. The number of aliphatic hydroxyl groups is 1. The number of nitro groups is 1. The molecule has 2 aliphatic rings. The summed E-state index contributed by atoms with van der Waals surface area (Å²) in [6.07, 6.45) is 9.18. The van der Waals surface area contributed by atoms with E-state index >= 15 is 0 Å². The number of rotatable bonds is 8. The number of benzene rings is 2. The predicted octanol–water partition coefficient (Wildman–Crippen LogP) is 4.99. The molecule has 2 aromatic rings. The molecule has 1 fully saturated rings. The summed E-state index contributed by atoms with van der Waals surface area (Å²) in [6.45, 7) is 2.02. The third-order valence-corrected chi connectivity index (χ3v) is 8.46. The van der Waals surface area contributed by atoms with Gasteiger partial charge in [0.2, 0.25) is 0 Å². The zero-order valence-electron chi connectivity index (χ0n) is 20.8. The number of hydrogen-bond donors (Lipinski definition) is 2. The Bertz CT molecular complexity index is 1290. The normalized spacial score (nSPS) is 22.1. The van der Waals surface area contributed by atoms with Crippen LogP contribution in [-0.4, -0.2) is 36.6 Å². The van der Waals surface area contributed by atoms with Crippen molar-refractivity contribution in [3.05, 3.63) is 69.8 Å². The van der Waals surface area contributed by atoms with E-state index in [9.17, 15) is 28.4 Å². The molecule has 0 aromatic heterocycles. The molecule has 0 aliphatic heterocycles. The second-order valence-electron chi connectivity index (χ2n) is 10.1. The average molecular weight is 529 g/mol. The van der Waals surface area contributed by atoms with Gasteiger partial charge in [0, 0.05) is 11.6 Å². The third kappa shape index (κ3) is 6.75. The minimum Gasteiger partial charge on any atom is -0.487 e. The van der Waals surface area contributed by atoms with Crippen molar-refractivity contribution >= 4 is 27.2 Å². The van der Waals surface area contributed by atoms with Gasteiger partial charge in [-0.15, -0.1) is 0 Å². The summed E-state index contributed by atoms with van der Waals surface area (Å²) in [5, 5.41) is 21.7. The second kappa shape index (κ2) is 11.0. The molecular formula is C27H32N2O7S. The molecule has 9 nitrogen and oxygen atoms in total. The average Bonchev–Trinajstić information content (AvgIpc) is 2.88. The van der Waals surface area contributed by atoms with Crippen LogP contribution in [0.4, 0.5) is 5.69 Å². The SMILES string of the molecule is CC1(O)CCC(COc2ccc(S(=O)(=O)NC(=O)c3ccc(C4=CCCCC4)cc3)cc2[N+](=O)[O-])CC1. The molecule has 1 saturated carbocycles. The van der Waals surface area contributed by atoms with E-state index in [0.717, 1.165) is 50.2 Å². The van der Waals surface area contributed by atoms with Crippen LogP contribution in [0.3, 0.4) is 0 Å². The maximum atomic E-state index is 12.9. The zero-order valence-corrected chi connectivity index (χ0v) is 21.6. The highest BCUT2D eigenvalue weighted by atomic mass is 32.2. The van der Waals surface area contributed by atoms with Gasteiger partial charge in [-0.05, 0) is 99.6 Å². The van der Waals surface area contributed by atoms with Crippen molar-refractivity contribution in [3.63, 3.8) is 0 Å². The van der Waals surface area contributed by atoms with Crippen LogP contribution >= 0.6 is 0 Å². The van der Waals surface area contributed by atoms with Crippen molar-refractivity contribution in [1.82, 2.24) is 4.72 Å². The fourth-order valence-electron chi connectivity index (χ4n) is 4.78. The van der Waals surface area contributed by atoms with Crippen molar-refractivity contribution in [2.75, 3.05) is 6.61 Å². The van der Waals surface area contributed by atoms with E-state index in [1.165, 1.54) is 17.7 Å². The van der Waals surface area contributed by atoms with Crippen LogP contribution in [0.2, 0.25) is 0 Å². The number of nitro benzene ring substituents is 1. The molecule has 0 saturated heterocycles. The number of carbonyl (C=O) groups is 1. The molecule has 0 atom stereocenters. The summed E-state index contributed by atoms with van der Waals surface area (Å²) in [7, 11) is -4.36. The highest BCUT2D eigenvalue weighted by Crippen LogP contribution is 2.34. The molecule has 37 heavy (non-hydrogen) atoms. The molecule has 0 unspecified atom stereocenters. The first-order valence-corrected chi connectivity index (χ1v) is 14.0. The fourth-order valence-corrected chi connectivity index (χ4v) is 5.77. The Hall–Kier alpha value is -3.24. The predicted molar refractivity (Wildman–Crippen MR) is 139 cm³/mol. The van der Waals surface area contributed by atoms with Crippen molar-refractivity contribution in [2.45, 2.75) is 68.8 Å². The Labute approximate surface area is 216 Å². The van der Waals surface area contributed by atoms with Gasteiger partial charge in [-0.1, -0.05) is 18.2 Å². The number of ether oxygens (including phenoxy) is 1. The summed E-state index contributed by atoms with van der Waals surface area (Å²) >= 11 is 0. The van der Waals surface area contributed by atoms with Gasteiger partial charge < -0.3 is 9.84 Å². The summed E-state index contributed by atoms with van der Waals surface area (Å²) in [5.41, 5.74) is 1.20. The maximum Gasteiger partial charge on any atom is 0.312 e. The molecule has 4 rings (SSSR count). The van der Waals surface area contributed by atoms with Gasteiger partial charge in [-0.3, -0.25) is 14.9 Å². The maximum absolute atomic E-state index is 12.9. The van der Waals surface area contributed by atoms with Gasteiger partial charge in [0.1, 0.15) is 0 Å². The van der Waals surface area contributed by atoms with Gasteiger partial charge >= 0.3 is 5.69 Å². The van der Waals surface area contributed by atoms with E-state index in [1.54, 1.807) is 31.2 Å². The highest BCUT2D eigenvalue weighted by molar-refractivity contribution is 7.90. The number of nitrogens with zero attached hydrogens (tertiary/aromatic N) is 1. The summed E-state index contributed by atoms with van der Waals surface area (Å²) in [6, 6.07) is 10.0. The first-order chi connectivity index (χ1) is 17.5. The Kier molecular flexibility index (Phi) is 7.99. The van der Waals surface area contributed by atoms with E-state index < -0.39 is 37.0 Å². The Balaban J connectivity index is 1.44. The number of amides is 1. The highest BCUT2D eigenvalue weighted by Gasteiger charge is 2.30. The number of hydrogen-bond acceptors (Lipinski definition) is 7. The molecule has 198 valence electrons. The summed E-state index contributed by atoms with van der Waals surface area (Å²) in [5.74, 6) is -0.719. The van der Waals surface area contributed by atoms with Gasteiger partial charge in [-0.25, -0.2) is 13.1 Å². The third-order valence-electron chi connectivity index (χ3n) is 7.13. The largest absolute Gasteiger partial charge is 0.487 e. The molecule has 2 aliphatic carbocycles. The van der Waals surface area contributed by atoms with E-state index in [2.05, 4.69) is 6.08 Å². The number of carbonyl (C=O) groups excluding carboxylic acids is 1. The lowest BCUT2D eigenvalue weighted by Gasteiger charge is -2.32. The molecule has 0 spiro atoms. The van der Waals surface area contributed by atoms with Crippen molar-refractivity contribution in [2.24, 2.45) is 5.92 Å². The Morgan fingerprint density at radius 2 is 1.86 bits per heavy atom. The first-order valence-electron chi connectivity index (χ1n) is 12.5. The monoisotopic (exact) mass is 528 g/mol. The molecule has 2 aromatic carbocycles. The van der Waals surface area contributed by atoms with Gasteiger partial charge in [0.05, 0.1) is 22.0 Å². The first kappa shape index (κ1) is 26.8. The topological polar surface area (TPSA) is 136 Å². The smallest absolute Gasteiger partial charge is 0.312 e. The minimum atomic E-state index is -4.36. The second-order valence-corrected chi connectivity index (χ2v) is 11.8. The van der Waals surface area contributed by atoms with Crippen molar-refractivity contribution in [3.8, 4) is 5.75 Å². The van der Waals surface area contributed by atoms with Crippen LogP contribution in [0, 0.1) is 16.0 Å². The van der Waals surface area contributed by atoms with Crippen LogP contribution in [0.25, 0.3) is 5.57 Å². The fraction of sp³-hybridized carbons (Fsp3) is 0.444. The van der Waals surface area contributed by atoms with E-state index in [0.29, 0.717) is 12.8 Å². The molecule has 0 heterocycles. The summed E-state index contributed by atoms with van der Waals surface area (Å²) < 4.78 is 33.4. The van der Waals surface area contributed by atoms with E-state index in [-0.39, 0.29) is 23.8 Å². The van der Waals surface area contributed by atoms with Crippen molar-refractivity contribution in [1.29, 1.82) is 0 Å².